The van der Waals surface area contributed by atoms with Gasteiger partial charge in [-0.3, -0.25) is 11.3 Å². The van der Waals surface area contributed by atoms with E-state index in [4.69, 9.17) is 10.6 Å². The molecule has 66 valence electrons. The summed E-state index contributed by atoms with van der Waals surface area (Å²) in [7, 11) is 0. The summed E-state index contributed by atoms with van der Waals surface area (Å²) in [6.45, 7) is 2.82. The molecular formula is C8H18N2O. The van der Waals surface area contributed by atoms with Gasteiger partial charge in [-0.05, 0) is 19.8 Å². The molecule has 1 aliphatic rings. The molecule has 3 N–H and O–H groups in total. The molecule has 3 heteroatoms. The molecule has 0 saturated heterocycles. The first-order valence-electron chi connectivity index (χ1n) is 4.46. The van der Waals surface area contributed by atoms with Crippen LogP contribution < -0.4 is 11.3 Å². The van der Waals surface area contributed by atoms with Crippen molar-refractivity contribution in [3.63, 3.8) is 0 Å². The molecule has 0 heterocycles. The number of rotatable bonds is 3. The fourth-order valence-corrected chi connectivity index (χ4v) is 1.70. The van der Waals surface area contributed by atoms with Gasteiger partial charge in [0, 0.05) is 12.6 Å². The normalized spacial score (nSPS) is 32.2. The zero-order chi connectivity index (χ0) is 8.10. The van der Waals surface area contributed by atoms with Crippen LogP contribution >= 0.6 is 0 Å². The second-order valence-corrected chi connectivity index (χ2v) is 3.05. The third-order valence-electron chi connectivity index (χ3n) is 2.30. The molecule has 0 aromatic carbocycles. The highest BCUT2D eigenvalue weighted by Crippen LogP contribution is 2.20. The molecule has 11 heavy (non-hydrogen) atoms. The Kier molecular flexibility index (Phi) is 3.83. The molecule has 0 aromatic heterocycles. The molecule has 0 aromatic rings. The van der Waals surface area contributed by atoms with E-state index < -0.39 is 0 Å². The lowest BCUT2D eigenvalue weighted by Gasteiger charge is -2.30. The fourth-order valence-electron chi connectivity index (χ4n) is 1.70. The van der Waals surface area contributed by atoms with Crippen molar-refractivity contribution >= 4 is 0 Å². The third-order valence-corrected chi connectivity index (χ3v) is 2.30. The highest BCUT2D eigenvalue weighted by Gasteiger charge is 2.23. The molecule has 2 atom stereocenters. The number of nitrogens with one attached hydrogen (secondary N) is 1. The number of hydrogen-bond donors (Lipinski definition) is 2. The molecule has 0 aliphatic heterocycles. The van der Waals surface area contributed by atoms with Crippen LogP contribution in [0, 0.1) is 0 Å². The second-order valence-electron chi connectivity index (χ2n) is 3.05. The molecule has 1 aliphatic carbocycles. The Morgan fingerprint density at radius 1 is 1.45 bits per heavy atom. The first-order chi connectivity index (χ1) is 5.38. The minimum Gasteiger partial charge on any atom is -0.377 e. The summed E-state index contributed by atoms with van der Waals surface area (Å²) in [6.07, 6.45) is 5.21. The summed E-state index contributed by atoms with van der Waals surface area (Å²) in [5.41, 5.74) is 2.81. The first-order valence-corrected chi connectivity index (χ1v) is 4.46. The van der Waals surface area contributed by atoms with Crippen LogP contribution in [-0.4, -0.2) is 18.8 Å². The Morgan fingerprint density at radius 2 is 2.18 bits per heavy atom. The van der Waals surface area contributed by atoms with Gasteiger partial charge >= 0.3 is 0 Å². The van der Waals surface area contributed by atoms with Gasteiger partial charge in [-0.25, -0.2) is 0 Å². The Labute approximate surface area is 68.3 Å². The summed E-state index contributed by atoms with van der Waals surface area (Å²) in [4.78, 5) is 0. The van der Waals surface area contributed by atoms with Gasteiger partial charge in [0.15, 0.2) is 0 Å². The van der Waals surface area contributed by atoms with E-state index in [0.717, 1.165) is 19.4 Å². The largest absolute Gasteiger partial charge is 0.377 e. The zero-order valence-electron chi connectivity index (χ0n) is 7.18. The van der Waals surface area contributed by atoms with Crippen LogP contribution in [0.25, 0.3) is 0 Å². The fraction of sp³-hybridized carbons (Fsp3) is 1.00. The molecule has 0 bridgehead atoms. The van der Waals surface area contributed by atoms with E-state index in [1.807, 2.05) is 6.92 Å². The third kappa shape index (κ3) is 2.43. The van der Waals surface area contributed by atoms with Crippen molar-refractivity contribution in [3.8, 4) is 0 Å². The number of nitrogens with two attached hydrogens (primary N) is 1. The molecule has 0 spiro atoms. The first kappa shape index (κ1) is 8.97. The minimum absolute atomic E-state index is 0.346. The standard InChI is InChI=1S/C8H18N2O/c1-2-11-8-6-4-3-5-7(8)10-9/h7-8,10H,2-6,9H2,1H3/t7-,8+/m1/s1. The molecule has 3 nitrogen and oxygen atoms in total. The number of ether oxygens (including phenoxy) is 1. The second kappa shape index (κ2) is 4.70. The van der Waals surface area contributed by atoms with Crippen molar-refractivity contribution in [1.29, 1.82) is 0 Å². The van der Waals surface area contributed by atoms with E-state index >= 15 is 0 Å². The van der Waals surface area contributed by atoms with E-state index in [0.29, 0.717) is 12.1 Å². The van der Waals surface area contributed by atoms with Gasteiger partial charge in [-0.1, -0.05) is 12.8 Å². The Bertz CT molecular complexity index is 106. The van der Waals surface area contributed by atoms with Crippen LogP contribution in [0.5, 0.6) is 0 Å². The van der Waals surface area contributed by atoms with Crippen molar-refractivity contribution in [3.05, 3.63) is 0 Å². The molecule has 0 unspecified atom stereocenters. The van der Waals surface area contributed by atoms with E-state index in [9.17, 15) is 0 Å². The van der Waals surface area contributed by atoms with Gasteiger partial charge in [-0.2, -0.15) is 0 Å². The summed E-state index contributed by atoms with van der Waals surface area (Å²) in [5.74, 6) is 5.39. The predicted molar refractivity (Wildman–Crippen MR) is 45.0 cm³/mol. The van der Waals surface area contributed by atoms with Crippen molar-refractivity contribution < 1.29 is 4.74 Å². The van der Waals surface area contributed by atoms with Gasteiger partial charge in [0.1, 0.15) is 0 Å². The van der Waals surface area contributed by atoms with Crippen LogP contribution in [0.3, 0.4) is 0 Å². The highest BCUT2D eigenvalue weighted by atomic mass is 16.5. The Morgan fingerprint density at radius 3 is 2.82 bits per heavy atom. The summed E-state index contributed by atoms with van der Waals surface area (Å²) < 4.78 is 5.54. The SMILES string of the molecule is CCO[C@H]1CCCC[C@H]1NN. The highest BCUT2D eigenvalue weighted by molar-refractivity contribution is 4.79. The van der Waals surface area contributed by atoms with Crippen LogP contribution in [0.1, 0.15) is 32.6 Å². The summed E-state index contributed by atoms with van der Waals surface area (Å²) in [5, 5.41) is 0. The van der Waals surface area contributed by atoms with Crippen LogP contribution in [0.4, 0.5) is 0 Å². The number of hydrogen-bond acceptors (Lipinski definition) is 3. The topological polar surface area (TPSA) is 47.3 Å². The average molecular weight is 158 g/mol. The molecule has 0 radical (unpaired) electrons. The van der Waals surface area contributed by atoms with E-state index in [2.05, 4.69) is 5.43 Å². The van der Waals surface area contributed by atoms with Crippen molar-refractivity contribution in [2.75, 3.05) is 6.61 Å². The predicted octanol–water partition coefficient (Wildman–Crippen LogP) is 0.797. The lowest BCUT2D eigenvalue weighted by atomic mass is 9.93. The minimum atomic E-state index is 0.346. The lowest BCUT2D eigenvalue weighted by molar-refractivity contribution is 0.0124. The molecule has 0 amide bonds. The van der Waals surface area contributed by atoms with Gasteiger partial charge in [0.25, 0.3) is 0 Å². The maximum atomic E-state index is 5.54. The maximum Gasteiger partial charge on any atom is 0.0741 e. The molecule has 1 rings (SSSR count). The van der Waals surface area contributed by atoms with E-state index in [1.54, 1.807) is 0 Å². The molecule has 1 fully saturated rings. The quantitative estimate of drug-likeness (QED) is 0.471. The van der Waals surface area contributed by atoms with Crippen molar-refractivity contribution in [2.24, 2.45) is 5.84 Å². The Balaban J connectivity index is 2.31. The Hall–Kier alpha value is -0.120. The van der Waals surface area contributed by atoms with Gasteiger partial charge in [0.2, 0.25) is 0 Å². The van der Waals surface area contributed by atoms with Gasteiger partial charge in [-0.15, -0.1) is 0 Å². The zero-order valence-corrected chi connectivity index (χ0v) is 7.18. The van der Waals surface area contributed by atoms with E-state index in [-0.39, 0.29) is 0 Å². The van der Waals surface area contributed by atoms with Crippen molar-refractivity contribution in [2.45, 2.75) is 44.8 Å². The maximum absolute atomic E-state index is 5.54. The summed E-state index contributed by atoms with van der Waals surface area (Å²) >= 11 is 0. The summed E-state index contributed by atoms with van der Waals surface area (Å²) in [6, 6.07) is 0.378. The van der Waals surface area contributed by atoms with E-state index in [1.165, 1.54) is 12.8 Å². The van der Waals surface area contributed by atoms with Gasteiger partial charge in [0.05, 0.1) is 6.10 Å². The smallest absolute Gasteiger partial charge is 0.0741 e. The molecule has 1 saturated carbocycles. The lowest BCUT2D eigenvalue weighted by Crippen LogP contribution is -2.46. The average Bonchev–Trinajstić information content (AvgIpc) is 2.06. The van der Waals surface area contributed by atoms with Crippen LogP contribution in [0.15, 0.2) is 0 Å². The van der Waals surface area contributed by atoms with Crippen LogP contribution in [0.2, 0.25) is 0 Å². The van der Waals surface area contributed by atoms with Gasteiger partial charge < -0.3 is 4.74 Å². The number of hydrazine groups is 1. The monoisotopic (exact) mass is 158 g/mol. The van der Waals surface area contributed by atoms with Crippen LogP contribution in [-0.2, 0) is 4.74 Å². The van der Waals surface area contributed by atoms with Crippen molar-refractivity contribution in [1.82, 2.24) is 5.43 Å². The molecular weight excluding hydrogens is 140 g/mol.